The molecule has 0 saturated carbocycles. The number of piperazine rings is 1. The Hall–Kier alpha value is -1.10. The minimum absolute atomic E-state index is 0.369. The van der Waals surface area contributed by atoms with Crippen molar-refractivity contribution >= 4 is 22.6 Å². The van der Waals surface area contributed by atoms with Crippen LogP contribution < -0.4 is 5.32 Å². The molecule has 1 aliphatic rings. The van der Waals surface area contributed by atoms with Crippen molar-refractivity contribution in [3.8, 4) is 0 Å². The molecule has 1 fully saturated rings. The highest BCUT2D eigenvalue weighted by atomic mass is 35.5. The molecule has 3 rings (SSSR count). The van der Waals surface area contributed by atoms with E-state index in [1.54, 1.807) is 0 Å². The van der Waals surface area contributed by atoms with Crippen molar-refractivity contribution in [3.05, 3.63) is 29.0 Å². The van der Waals surface area contributed by atoms with E-state index < -0.39 is 0 Å². The SMILES string of the molecule is CCC(c1nc2ccc(Cl)cc2[nH]1)N1CCNCC1. The molecule has 0 amide bonds. The second kappa shape index (κ2) is 5.49. The zero-order valence-corrected chi connectivity index (χ0v) is 11.9. The van der Waals surface area contributed by atoms with E-state index in [4.69, 9.17) is 16.6 Å². The summed E-state index contributed by atoms with van der Waals surface area (Å²) in [5, 5.41) is 4.14. The van der Waals surface area contributed by atoms with E-state index in [9.17, 15) is 0 Å². The monoisotopic (exact) mass is 278 g/mol. The molecule has 102 valence electrons. The predicted molar refractivity (Wildman–Crippen MR) is 78.6 cm³/mol. The van der Waals surface area contributed by atoms with Gasteiger partial charge in [0.25, 0.3) is 0 Å². The Bertz CT molecular complexity index is 560. The number of hydrogen-bond acceptors (Lipinski definition) is 3. The first-order valence-electron chi connectivity index (χ1n) is 6.88. The number of aromatic nitrogens is 2. The maximum atomic E-state index is 6.02. The largest absolute Gasteiger partial charge is 0.341 e. The van der Waals surface area contributed by atoms with Gasteiger partial charge in [-0.25, -0.2) is 4.98 Å². The summed E-state index contributed by atoms with van der Waals surface area (Å²) in [5.41, 5.74) is 2.02. The normalized spacial score (nSPS) is 18.8. The smallest absolute Gasteiger partial charge is 0.124 e. The average molecular weight is 279 g/mol. The Morgan fingerprint density at radius 2 is 2.16 bits per heavy atom. The van der Waals surface area contributed by atoms with Crippen LogP contribution in [0.2, 0.25) is 5.02 Å². The van der Waals surface area contributed by atoms with Crippen LogP contribution in [0.5, 0.6) is 0 Å². The van der Waals surface area contributed by atoms with Gasteiger partial charge < -0.3 is 10.3 Å². The summed E-state index contributed by atoms with van der Waals surface area (Å²) in [4.78, 5) is 10.6. The van der Waals surface area contributed by atoms with Crippen LogP contribution in [-0.2, 0) is 0 Å². The number of imidazole rings is 1. The van der Waals surface area contributed by atoms with Crippen molar-refractivity contribution in [2.24, 2.45) is 0 Å². The molecule has 1 unspecified atom stereocenters. The molecule has 2 aromatic rings. The molecule has 0 radical (unpaired) electrons. The summed E-state index contributed by atoms with van der Waals surface area (Å²) in [6.07, 6.45) is 1.06. The zero-order valence-electron chi connectivity index (χ0n) is 11.1. The Balaban J connectivity index is 1.91. The van der Waals surface area contributed by atoms with Gasteiger partial charge in [-0.1, -0.05) is 18.5 Å². The number of aromatic amines is 1. The number of hydrogen-bond donors (Lipinski definition) is 2. The average Bonchev–Trinajstić information content (AvgIpc) is 2.83. The standard InChI is InChI=1S/C14H19ClN4/c1-2-13(19-7-5-16-6-8-19)14-17-11-4-3-10(15)9-12(11)18-14/h3-4,9,13,16H,2,5-8H2,1H3,(H,17,18). The summed E-state index contributed by atoms with van der Waals surface area (Å²) in [7, 11) is 0. The van der Waals surface area contributed by atoms with Gasteiger partial charge in [0.2, 0.25) is 0 Å². The number of fused-ring (bicyclic) bond motifs is 1. The van der Waals surface area contributed by atoms with E-state index in [-0.39, 0.29) is 0 Å². The molecule has 1 aromatic heterocycles. The number of benzene rings is 1. The van der Waals surface area contributed by atoms with Crippen LogP contribution in [0.4, 0.5) is 0 Å². The first-order valence-corrected chi connectivity index (χ1v) is 7.25. The lowest BCUT2D eigenvalue weighted by molar-refractivity contribution is 0.164. The maximum absolute atomic E-state index is 6.02. The van der Waals surface area contributed by atoms with Gasteiger partial charge >= 0.3 is 0 Å². The van der Waals surface area contributed by atoms with Crippen molar-refractivity contribution in [2.75, 3.05) is 26.2 Å². The van der Waals surface area contributed by atoms with Crippen LogP contribution in [0.25, 0.3) is 11.0 Å². The van der Waals surface area contributed by atoms with Crippen LogP contribution >= 0.6 is 11.6 Å². The molecule has 4 nitrogen and oxygen atoms in total. The number of nitrogens with one attached hydrogen (secondary N) is 2. The van der Waals surface area contributed by atoms with E-state index in [1.165, 1.54) is 0 Å². The molecule has 1 aliphatic heterocycles. The van der Waals surface area contributed by atoms with Crippen LogP contribution in [0.3, 0.4) is 0 Å². The van der Waals surface area contributed by atoms with Gasteiger partial charge in [0.05, 0.1) is 17.1 Å². The van der Waals surface area contributed by atoms with Crippen molar-refractivity contribution in [1.29, 1.82) is 0 Å². The highest BCUT2D eigenvalue weighted by Gasteiger charge is 2.23. The van der Waals surface area contributed by atoms with E-state index in [0.717, 1.165) is 54.5 Å². The number of rotatable bonds is 3. The molecular formula is C14H19ClN4. The van der Waals surface area contributed by atoms with Gasteiger partial charge in [0, 0.05) is 31.2 Å². The fraction of sp³-hybridized carbons (Fsp3) is 0.500. The Morgan fingerprint density at radius 3 is 2.89 bits per heavy atom. The van der Waals surface area contributed by atoms with Gasteiger partial charge in [0.15, 0.2) is 0 Å². The summed E-state index contributed by atoms with van der Waals surface area (Å²) in [6.45, 7) is 6.49. The number of halogens is 1. The molecule has 2 heterocycles. The fourth-order valence-corrected chi connectivity index (χ4v) is 2.95. The van der Waals surface area contributed by atoms with Crippen molar-refractivity contribution in [2.45, 2.75) is 19.4 Å². The van der Waals surface area contributed by atoms with Crippen molar-refractivity contribution in [1.82, 2.24) is 20.2 Å². The Morgan fingerprint density at radius 1 is 1.37 bits per heavy atom. The summed E-state index contributed by atoms with van der Waals surface area (Å²) in [5.74, 6) is 1.06. The second-order valence-electron chi connectivity index (χ2n) is 4.99. The molecule has 19 heavy (non-hydrogen) atoms. The number of H-pyrrole nitrogens is 1. The maximum Gasteiger partial charge on any atom is 0.124 e. The van der Waals surface area contributed by atoms with E-state index in [2.05, 4.69) is 22.1 Å². The topological polar surface area (TPSA) is 44.0 Å². The van der Waals surface area contributed by atoms with E-state index in [1.807, 2.05) is 18.2 Å². The third-order valence-electron chi connectivity index (χ3n) is 3.76. The fourth-order valence-electron chi connectivity index (χ4n) is 2.78. The summed E-state index contributed by atoms with van der Waals surface area (Å²) < 4.78 is 0. The zero-order chi connectivity index (χ0) is 13.2. The quantitative estimate of drug-likeness (QED) is 0.907. The highest BCUT2D eigenvalue weighted by molar-refractivity contribution is 6.31. The molecule has 0 aliphatic carbocycles. The first kappa shape index (κ1) is 12.9. The lowest BCUT2D eigenvalue weighted by Gasteiger charge is -2.33. The van der Waals surface area contributed by atoms with Crippen LogP contribution in [-0.4, -0.2) is 41.0 Å². The Kier molecular flexibility index (Phi) is 3.73. The third-order valence-corrected chi connectivity index (χ3v) is 3.99. The van der Waals surface area contributed by atoms with Crippen molar-refractivity contribution in [3.63, 3.8) is 0 Å². The number of nitrogens with zero attached hydrogens (tertiary/aromatic N) is 2. The molecular weight excluding hydrogens is 260 g/mol. The molecule has 0 bridgehead atoms. The lowest BCUT2D eigenvalue weighted by Crippen LogP contribution is -2.45. The lowest BCUT2D eigenvalue weighted by atomic mass is 10.1. The summed E-state index contributed by atoms with van der Waals surface area (Å²) >= 11 is 6.02. The second-order valence-corrected chi connectivity index (χ2v) is 5.43. The highest BCUT2D eigenvalue weighted by Crippen LogP contribution is 2.25. The summed E-state index contributed by atoms with van der Waals surface area (Å²) in [6, 6.07) is 6.17. The predicted octanol–water partition coefficient (Wildman–Crippen LogP) is 2.57. The third kappa shape index (κ3) is 2.61. The van der Waals surface area contributed by atoms with Crippen molar-refractivity contribution < 1.29 is 0 Å². The molecule has 5 heteroatoms. The van der Waals surface area contributed by atoms with Crippen LogP contribution in [0, 0.1) is 0 Å². The van der Waals surface area contributed by atoms with E-state index >= 15 is 0 Å². The first-order chi connectivity index (χ1) is 9.28. The van der Waals surface area contributed by atoms with Gasteiger partial charge in [-0.15, -0.1) is 0 Å². The van der Waals surface area contributed by atoms with Crippen LogP contribution in [0.15, 0.2) is 18.2 Å². The molecule has 1 saturated heterocycles. The Labute approximate surface area is 118 Å². The minimum atomic E-state index is 0.369. The molecule has 0 spiro atoms. The van der Waals surface area contributed by atoms with E-state index in [0.29, 0.717) is 6.04 Å². The van der Waals surface area contributed by atoms with Gasteiger partial charge in [0.1, 0.15) is 5.82 Å². The molecule has 1 aromatic carbocycles. The van der Waals surface area contributed by atoms with Gasteiger partial charge in [-0.2, -0.15) is 0 Å². The minimum Gasteiger partial charge on any atom is -0.341 e. The van der Waals surface area contributed by atoms with Gasteiger partial charge in [-0.05, 0) is 24.6 Å². The molecule has 2 N–H and O–H groups in total. The van der Waals surface area contributed by atoms with Gasteiger partial charge in [-0.3, -0.25) is 4.90 Å². The molecule has 1 atom stereocenters. The van der Waals surface area contributed by atoms with Crippen LogP contribution in [0.1, 0.15) is 25.2 Å².